The number of sulfonamides is 1. The zero-order chi connectivity index (χ0) is 16.3. The van der Waals surface area contributed by atoms with Crippen LogP contribution in [-0.2, 0) is 10.0 Å². The zero-order valence-corrected chi connectivity index (χ0v) is 13.8. The quantitative estimate of drug-likeness (QED) is 0.858. The van der Waals surface area contributed by atoms with Gasteiger partial charge < -0.3 is 0 Å². The second-order valence-electron chi connectivity index (χ2n) is 4.86. The lowest BCUT2D eigenvalue weighted by Crippen LogP contribution is -2.30. The Bertz CT molecular complexity index is 811. The van der Waals surface area contributed by atoms with Gasteiger partial charge >= 0.3 is 0 Å². The second-order valence-corrected chi connectivity index (χ2v) is 7.26. The highest BCUT2D eigenvalue weighted by molar-refractivity contribution is 7.89. The number of rotatable bonds is 4. The molecular formula is C16H15ClN2O2S. The van der Waals surface area contributed by atoms with Crippen LogP contribution in [0, 0.1) is 11.3 Å². The Hall–Kier alpha value is -1.87. The maximum atomic E-state index is 12.7. The molecule has 1 atom stereocenters. The summed E-state index contributed by atoms with van der Waals surface area (Å²) in [6.45, 7) is 1.79. The Balaban J connectivity index is 2.41. The number of nitriles is 1. The average molecular weight is 335 g/mol. The van der Waals surface area contributed by atoms with Crippen molar-refractivity contribution in [2.45, 2.75) is 17.9 Å². The van der Waals surface area contributed by atoms with Crippen molar-refractivity contribution in [1.29, 1.82) is 5.26 Å². The van der Waals surface area contributed by atoms with Crippen LogP contribution >= 0.6 is 11.6 Å². The van der Waals surface area contributed by atoms with E-state index in [1.165, 1.54) is 23.5 Å². The predicted molar refractivity (Wildman–Crippen MR) is 86.0 cm³/mol. The fourth-order valence-corrected chi connectivity index (χ4v) is 3.71. The molecule has 114 valence electrons. The van der Waals surface area contributed by atoms with E-state index in [-0.39, 0.29) is 16.5 Å². The highest BCUT2D eigenvalue weighted by Gasteiger charge is 2.28. The fraction of sp³-hybridized carbons (Fsp3) is 0.188. The van der Waals surface area contributed by atoms with Crippen molar-refractivity contribution in [1.82, 2.24) is 4.31 Å². The zero-order valence-electron chi connectivity index (χ0n) is 12.2. The highest BCUT2D eigenvalue weighted by Crippen LogP contribution is 2.27. The van der Waals surface area contributed by atoms with Gasteiger partial charge in [0.15, 0.2) is 0 Å². The number of halogens is 1. The Morgan fingerprint density at radius 3 is 2.32 bits per heavy atom. The maximum absolute atomic E-state index is 12.7. The molecule has 2 aromatic rings. The summed E-state index contributed by atoms with van der Waals surface area (Å²) in [5.41, 5.74) is 0.961. The third-order valence-electron chi connectivity index (χ3n) is 3.56. The van der Waals surface area contributed by atoms with Gasteiger partial charge in [-0.15, -0.1) is 0 Å². The molecule has 0 unspecified atom stereocenters. The Morgan fingerprint density at radius 1 is 1.14 bits per heavy atom. The standard InChI is InChI=1S/C16H15ClN2O2S/c1-12(13-7-9-15(17)10-8-13)19(2)22(20,21)16-6-4-3-5-14(16)11-18/h3-10,12H,1-2H3/t12-/m0/s1. The van der Waals surface area contributed by atoms with Crippen LogP contribution in [0.2, 0.25) is 5.02 Å². The largest absolute Gasteiger partial charge is 0.244 e. The first-order valence-electron chi connectivity index (χ1n) is 6.60. The molecule has 0 aromatic heterocycles. The summed E-state index contributed by atoms with van der Waals surface area (Å²) < 4.78 is 26.7. The van der Waals surface area contributed by atoms with Gasteiger partial charge in [-0.1, -0.05) is 35.9 Å². The minimum absolute atomic E-state index is 0.0146. The van der Waals surface area contributed by atoms with Crippen molar-refractivity contribution in [3.63, 3.8) is 0 Å². The van der Waals surface area contributed by atoms with Gasteiger partial charge in [0.05, 0.1) is 10.5 Å². The van der Waals surface area contributed by atoms with Crippen molar-refractivity contribution in [2.75, 3.05) is 7.05 Å². The van der Waals surface area contributed by atoms with Gasteiger partial charge in [0, 0.05) is 18.1 Å². The van der Waals surface area contributed by atoms with Gasteiger partial charge in [0.25, 0.3) is 0 Å². The van der Waals surface area contributed by atoms with Crippen LogP contribution in [0.5, 0.6) is 0 Å². The van der Waals surface area contributed by atoms with Gasteiger partial charge in [-0.3, -0.25) is 0 Å². The highest BCUT2D eigenvalue weighted by atomic mass is 35.5. The summed E-state index contributed by atoms with van der Waals surface area (Å²) in [6.07, 6.45) is 0. The molecular weight excluding hydrogens is 320 g/mol. The molecule has 0 bridgehead atoms. The summed E-state index contributed by atoms with van der Waals surface area (Å²) in [5.74, 6) is 0. The second kappa shape index (κ2) is 6.49. The molecule has 0 spiro atoms. The molecule has 4 nitrogen and oxygen atoms in total. The van der Waals surface area contributed by atoms with Crippen LogP contribution in [0.3, 0.4) is 0 Å². The van der Waals surface area contributed by atoms with E-state index in [1.54, 1.807) is 43.3 Å². The van der Waals surface area contributed by atoms with Crippen LogP contribution in [0.25, 0.3) is 0 Å². The molecule has 0 aliphatic rings. The van der Waals surface area contributed by atoms with Crippen LogP contribution in [0.15, 0.2) is 53.4 Å². The molecule has 6 heteroatoms. The third kappa shape index (κ3) is 3.14. The van der Waals surface area contributed by atoms with Gasteiger partial charge in [-0.05, 0) is 36.8 Å². The molecule has 2 rings (SSSR count). The van der Waals surface area contributed by atoms with Gasteiger partial charge in [-0.2, -0.15) is 9.57 Å². The van der Waals surface area contributed by atoms with Crippen molar-refractivity contribution in [3.05, 3.63) is 64.7 Å². The van der Waals surface area contributed by atoms with Crippen molar-refractivity contribution in [3.8, 4) is 6.07 Å². The van der Waals surface area contributed by atoms with E-state index >= 15 is 0 Å². The summed E-state index contributed by atoms with van der Waals surface area (Å²) in [7, 11) is -2.26. The molecule has 22 heavy (non-hydrogen) atoms. The molecule has 0 amide bonds. The van der Waals surface area contributed by atoms with Crippen LogP contribution in [0.4, 0.5) is 0 Å². The lowest BCUT2D eigenvalue weighted by atomic mass is 10.1. The molecule has 0 heterocycles. The minimum Gasteiger partial charge on any atom is -0.207 e. The number of hydrogen-bond donors (Lipinski definition) is 0. The summed E-state index contributed by atoms with van der Waals surface area (Å²) in [4.78, 5) is 0.0146. The van der Waals surface area contributed by atoms with E-state index in [4.69, 9.17) is 16.9 Å². The van der Waals surface area contributed by atoms with Crippen molar-refractivity contribution >= 4 is 21.6 Å². The van der Waals surface area contributed by atoms with Crippen molar-refractivity contribution in [2.24, 2.45) is 0 Å². The third-order valence-corrected chi connectivity index (χ3v) is 5.80. The van der Waals surface area contributed by atoms with Crippen LogP contribution < -0.4 is 0 Å². The average Bonchev–Trinajstić information content (AvgIpc) is 2.54. The van der Waals surface area contributed by atoms with Crippen molar-refractivity contribution < 1.29 is 8.42 Å². The van der Waals surface area contributed by atoms with E-state index in [1.807, 2.05) is 6.07 Å². The first kappa shape index (κ1) is 16.5. The predicted octanol–water partition coefficient (Wildman–Crippen LogP) is 3.59. The fourth-order valence-electron chi connectivity index (χ4n) is 2.10. The van der Waals surface area contributed by atoms with E-state index in [0.29, 0.717) is 5.02 Å². The smallest absolute Gasteiger partial charge is 0.207 e. The molecule has 2 aromatic carbocycles. The first-order chi connectivity index (χ1) is 10.4. The van der Waals surface area contributed by atoms with E-state index < -0.39 is 10.0 Å². The molecule has 0 radical (unpaired) electrons. The summed E-state index contributed by atoms with van der Waals surface area (Å²) in [5, 5.41) is 9.70. The Kier molecular flexibility index (Phi) is 4.87. The Morgan fingerprint density at radius 2 is 1.73 bits per heavy atom. The maximum Gasteiger partial charge on any atom is 0.244 e. The van der Waals surface area contributed by atoms with Crippen LogP contribution in [-0.4, -0.2) is 19.8 Å². The van der Waals surface area contributed by atoms with E-state index in [0.717, 1.165) is 5.56 Å². The molecule has 0 saturated heterocycles. The monoisotopic (exact) mass is 334 g/mol. The number of nitrogens with zero attached hydrogens (tertiary/aromatic N) is 2. The molecule has 0 aliphatic carbocycles. The lowest BCUT2D eigenvalue weighted by molar-refractivity contribution is 0.398. The molecule has 0 aliphatic heterocycles. The van der Waals surface area contributed by atoms with Gasteiger partial charge in [0.1, 0.15) is 6.07 Å². The van der Waals surface area contributed by atoms with Gasteiger partial charge in [-0.25, -0.2) is 8.42 Å². The number of benzene rings is 2. The lowest BCUT2D eigenvalue weighted by Gasteiger charge is -2.25. The van der Waals surface area contributed by atoms with E-state index in [2.05, 4.69) is 0 Å². The number of hydrogen-bond acceptors (Lipinski definition) is 3. The summed E-state index contributed by atoms with van der Waals surface area (Å²) in [6, 6.07) is 14.7. The Labute approximate surface area is 135 Å². The molecule has 0 fully saturated rings. The topological polar surface area (TPSA) is 61.2 Å². The van der Waals surface area contributed by atoms with Gasteiger partial charge in [0.2, 0.25) is 10.0 Å². The first-order valence-corrected chi connectivity index (χ1v) is 8.42. The molecule has 0 saturated carbocycles. The summed E-state index contributed by atoms with van der Waals surface area (Å²) >= 11 is 5.85. The van der Waals surface area contributed by atoms with E-state index in [9.17, 15) is 8.42 Å². The SMILES string of the molecule is C[C@@H](c1ccc(Cl)cc1)N(C)S(=O)(=O)c1ccccc1C#N. The van der Waals surface area contributed by atoms with Crippen LogP contribution in [0.1, 0.15) is 24.1 Å². The minimum atomic E-state index is -3.76. The normalized spacial score (nSPS) is 12.9. The molecule has 0 N–H and O–H groups in total.